The largest absolute Gasteiger partial charge is 0.127 e. The van der Waals surface area contributed by atoms with Crippen molar-refractivity contribution in [2.45, 2.75) is 70.9 Å². The minimum absolute atomic E-state index is 0.193. The summed E-state index contributed by atoms with van der Waals surface area (Å²) >= 11 is 0. The van der Waals surface area contributed by atoms with Crippen LogP contribution in [0.15, 0.2) is 24.3 Å². The SMILES string of the molecule is CCCCCCCCc1ccccc1C(C)(C)P. The Kier molecular flexibility index (Phi) is 6.94. The number of benzene rings is 1. The molecule has 1 aromatic rings. The average molecular weight is 264 g/mol. The molecule has 0 aromatic heterocycles. The van der Waals surface area contributed by atoms with Crippen molar-refractivity contribution in [2.75, 3.05) is 0 Å². The fraction of sp³-hybridized carbons (Fsp3) is 0.647. The maximum atomic E-state index is 2.97. The smallest absolute Gasteiger partial charge is 0.00440 e. The Hall–Kier alpha value is -0.350. The lowest BCUT2D eigenvalue weighted by atomic mass is 9.93. The van der Waals surface area contributed by atoms with Gasteiger partial charge in [0.1, 0.15) is 0 Å². The second kappa shape index (κ2) is 7.95. The zero-order valence-corrected chi connectivity index (χ0v) is 13.5. The van der Waals surface area contributed by atoms with E-state index >= 15 is 0 Å². The molecule has 0 spiro atoms. The van der Waals surface area contributed by atoms with Crippen molar-refractivity contribution in [3.8, 4) is 0 Å². The van der Waals surface area contributed by atoms with Crippen LogP contribution in [0.5, 0.6) is 0 Å². The van der Waals surface area contributed by atoms with Crippen LogP contribution in [0.1, 0.15) is 70.4 Å². The number of rotatable bonds is 8. The number of aryl methyl sites for hydroxylation is 1. The molecule has 0 aliphatic carbocycles. The monoisotopic (exact) mass is 264 g/mol. The van der Waals surface area contributed by atoms with Gasteiger partial charge in [-0.15, -0.1) is 9.24 Å². The van der Waals surface area contributed by atoms with E-state index in [0.29, 0.717) is 0 Å². The summed E-state index contributed by atoms with van der Waals surface area (Å²) in [5.74, 6) is 0. The van der Waals surface area contributed by atoms with Gasteiger partial charge in [0, 0.05) is 5.16 Å². The van der Waals surface area contributed by atoms with Crippen LogP contribution in [-0.2, 0) is 11.6 Å². The van der Waals surface area contributed by atoms with E-state index in [4.69, 9.17) is 0 Å². The molecule has 0 heterocycles. The lowest BCUT2D eigenvalue weighted by Gasteiger charge is -2.22. The van der Waals surface area contributed by atoms with Crippen molar-refractivity contribution < 1.29 is 0 Å². The van der Waals surface area contributed by atoms with Crippen LogP contribution in [0, 0.1) is 0 Å². The molecule has 1 rings (SSSR count). The van der Waals surface area contributed by atoms with Crippen molar-refractivity contribution in [2.24, 2.45) is 0 Å². The lowest BCUT2D eigenvalue weighted by molar-refractivity contribution is 0.604. The molecule has 0 N–H and O–H groups in total. The third-order valence-corrected chi connectivity index (χ3v) is 3.82. The van der Waals surface area contributed by atoms with Gasteiger partial charge in [-0.2, -0.15) is 0 Å². The Bertz CT molecular complexity index is 336. The third kappa shape index (κ3) is 5.53. The molecule has 0 nitrogen and oxygen atoms in total. The van der Waals surface area contributed by atoms with Crippen LogP contribution in [0.25, 0.3) is 0 Å². The first kappa shape index (κ1) is 15.7. The zero-order chi connectivity index (χ0) is 13.4. The van der Waals surface area contributed by atoms with Gasteiger partial charge in [0.05, 0.1) is 0 Å². The summed E-state index contributed by atoms with van der Waals surface area (Å²) in [5.41, 5.74) is 3.02. The van der Waals surface area contributed by atoms with Gasteiger partial charge in [-0.1, -0.05) is 77.1 Å². The van der Waals surface area contributed by atoms with Crippen molar-refractivity contribution in [3.63, 3.8) is 0 Å². The molecule has 1 aromatic carbocycles. The fourth-order valence-electron chi connectivity index (χ4n) is 2.46. The van der Waals surface area contributed by atoms with E-state index in [-0.39, 0.29) is 5.16 Å². The summed E-state index contributed by atoms with van der Waals surface area (Å²) in [6.45, 7) is 6.83. The van der Waals surface area contributed by atoms with E-state index in [9.17, 15) is 0 Å². The average Bonchev–Trinajstić information content (AvgIpc) is 2.33. The van der Waals surface area contributed by atoms with E-state index in [1.54, 1.807) is 0 Å². The van der Waals surface area contributed by atoms with Crippen molar-refractivity contribution in [1.29, 1.82) is 0 Å². The highest BCUT2D eigenvalue weighted by Gasteiger charge is 2.16. The molecule has 0 saturated carbocycles. The van der Waals surface area contributed by atoms with Gasteiger partial charge in [0.15, 0.2) is 0 Å². The summed E-state index contributed by atoms with van der Waals surface area (Å²) in [7, 11) is 2.97. The molecule has 0 aliphatic rings. The van der Waals surface area contributed by atoms with Gasteiger partial charge in [0.25, 0.3) is 0 Å². The molecule has 0 saturated heterocycles. The molecule has 0 amide bonds. The van der Waals surface area contributed by atoms with Gasteiger partial charge in [-0.25, -0.2) is 0 Å². The maximum absolute atomic E-state index is 2.97. The predicted octanol–water partition coefficient (Wildman–Crippen LogP) is 5.70. The van der Waals surface area contributed by atoms with E-state index in [2.05, 4.69) is 54.3 Å². The first-order valence-electron chi connectivity index (χ1n) is 7.43. The van der Waals surface area contributed by atoms with Gasteiger partial charge >= 0.3 is 0 Å². The molecule has 0 bridgehead atoms. The topological polar surface area (TPSA) is 0 Å². The minimum atomic E-state index is 0.193. The Morgan fingerprint density at radius 2 is 1.56 bits per heavy atom. The number of hydrogen-bond acceptors (Lipinski definition) is 0. The Balaban J connectivity index is 2.43. The van der Waals surface area contributed by atoms with Crippen LogP contribution >= 0.6 is 9.24 Å². The molecule has 0 aliphatic heterocycles. The zero-order valence-electron chi connectivity index (χ0n) is 12.3. The molecule has 0 fully saturated rings. The van der Waals surface area contributed by atoms with E-state index < -0.39 is 0 Å². The van der Waals surface area contributed by atoms with Crippen LogP contribution in [0.2, 0.25) is 0 Å². The van der Waals surface area contributed by atoms with Crippen molar-refractivity contribution in [1.82, 2.24) is 0 Å². The molecule has 102 valence electrons. The van der Waals surface area contributed by atoms with Crippen LogP contribution < -0.4 is 0 Å². The molecule has 1 heteroatoms. The first-order chi connectivity index (χ1) is 8.55. The fourth-order valence-corrected chi connectivity index (χ4v) is 2.74. The Morgan fingerprint density at radius 3 is 2.22 bits per heavy atom. The minimum Gasteiger partial charge on any atom is -0.127 e. The highest BCUT2D eigenvalue weighted by molar-refractivity contribution is 7.18. The van der Waals surface area contributed by atoms with Crippen LogP contribution in [0.4, 0.5) is 0 Å². The molecular weight excluding hydrogens is 235 g/mol. The molecule has 1 unspecified atom stereocenters. The molecule has 0 radical (unpaired) electrons. The number of hydrogen-bond donors (Lipinski definition) is 0. The van der Waals surface area contributed by atoms with Crippen molar-refractivity contribution in [3.05, 3.63) is 35.4 Å². The first-order valence-corrected chi connectivity index (χ1v) is 8.00. The second-order valence-corrected chi connectivity index (χ2v) is 7.34. The Morgan fingerprint density at radius 1 is 0.944 bits per heavy atom. The predicted molar refractivity (Wildman–Crippen MR) is 86.3 cm³/mol. The molecule has 1 atom stereocenters. The lowest BCUT2D eigenvalue weighted by Crippen LogP contribution is -2.10. The number of unbranched alkanes of at least 4 members (excludes halogenated alkanes) is 5. The summed E-state index contributed by atoms with van der Waals surface area (Å²) in [5, 5.41) is 0.193. The summed E-state index contributed by atoms with van der Waals surface area (Å²) in [4.78, 5) is 0. The van der Waals surface area contributed by atoms with Gasteiger partial charge < -0.3 is 0 Å². The summed E-state index contributed by atoms with van der Waals surface area (Å²) in [6.07, 6.45) is 9.50. The summed E-state index contributed by atoms with van der Waals surface area (Å²) < 4.78 is 0. The van der Waals surface area contributed by atoms with E-state index in [1.165, 1.54) is 56.1 Å². The summed E-state index contributed by atoms with van der Waals surface area (Å²) in [6, 6.07) is 8.91. The third-order valence-electron chi connectivity index (χ3n) is 3.51. The van der Waals surface area contributed by atoms with Crippen LogP contribution in [0.3, 0.4) is 0 Å². The van der Waals surface area contributed by atoms with Gasteiger partial charge in [0.2, 0.25) is 0 Å². The van der Waals surface area contributed by atoms with Gasteiger partial charge in [-0.05, 0) is 24.0 Å². The highest BCUT2D eigenvalue weighted by atomic mass is 31.0. The van der Waals surface area contributed by atoms with Crippen molar-refractivity contribution >= 4 is 9.24 Å². The van der Waals surface area contributed by atoms with Crippen LogP contribution in [-0.4, -0.2) is 0 Å². The normalized spacial score (nSPS) is 11.8. The second-order valence-electron chi connectivity index (χ2n) is 5.90. The Labute approximate surface area is 116 Å². The quantitative estimate of drug-likeness (QED) is 0.417. The highest BCUT2D eigenvalue weighted by Crippen LogP contribution is 2.33. The molecular formula is C17H29P. The van der Waals surface area contributed by atoms with E-state index in [0.717, 1.165) is 0 Å². The van der Waals surface area contributed by atoms with E-state index in [1.807, 2.05) is 0 Å². The standard InChI is InChI=1S/C17H29P/c1-4-5-6-7-8-9-12-15-13-10-11-14-16(15)17(2,3)18/h10-11,13-14H,4-9,12,18H2,1-3H3. The molecule has 18 heavy (non-hydrogen) atoms. The van der Waals surface area contributed by atoms with Gasteiger partial charge in [-0.3, -0.25) is 0 Å². The maximum Gasteiger partial charge on any atom is 0.00440 e.